The number of carbonyl (C=O) groups excluding carboxylic acids is 4. The van der Waals surface area contributed by atoms with Crippen LogP contribution in [0.25, 0.3) is 0 Å². The molecular formula is C24H37N5O7. The van der Waals surface area contributed by atoms with E-state index < -0.39 is 60.2 Å². The average Bonchev–Trinajstić information content (AvgIpc) is 2.77. The fraction of sp³-hybridized carbons (Fsp3) is 0.542. The quantitative estimate of drug-likeness (QED) is 0.172. The van der Waals surface area contributed by atoms with E-state index in [2.05, 4.69) is 16.0 Å². The normalized spacial score (nSPS) is 14.4. The van der Waals surface area contributed by atoms with Crippen molar-refractivity contribution in [2.45, 2.75) is 71.1 Å². The van der Waals surface area contributed by atoms with Gasteiger partial charge in [0, 0.05) is 6.42 Å². The first-order valence-electron chi connectivity index (χ1n) is 11.7. The zero-order chi connectivity index (χ0) is 27.6. The lowest BCUT2D eigenvalue weighted by Gasteiger charge is -2.26. The molecule has 12 heteroatoms. The number of carboxylic acids is 1. The van der Waals surface area contributed by atoms with Gasteiger partial charge in [0.1, 0.15) is 23.9 Å². The van der Waals surface area contributed by atoms with Crippen LogP contribution in [0, 0.1) is 11.8 Å². The minimum atomic E-state index is -1.47. The monoisotopic (exact) mass is 507 g/mol. The minimum absolute atomic E-state index is 0.00344. The van der Waals surface area contributed by atoms with Gasteiger partial charge in [-0.25, -0.2) is 4.79 Å². The highest BCUT2D eigenvalue weighted by Gasteiger charge is 2.32. The Hall–Kier alpha value is -3.67. The van der Waals surface area contributed by atoms with Gasteiger partial charge in [0.15, 0.2) is 0 Å². The van der Waals surface area contributed by atoms with Crippen molar-refractivity contribution in [3.8, 4) is 5.75 Å². The summed E-state index contributed by atoms with van der Waals surface area (Å²) in [5.41, 5.74) is 11.6. The summed E-state index contributed by atoms with van der Waals surface area (Å²) in [6, 6.07) is 1.00. The second-order valence-corrected chi connectivity index (χ2v) is 9.46. The highest BCUT2D eigenvalue weighted by atomic mass is 16.4. The first-order chi connectivity index (χ1) is 16.7. The number of nitrogens with one attached hydrogen (secondary N) is 3. The number of phenolic OH excluding ortho intramolecular Hbond substituents is 1. The van der Waals surface area contributed by atoms with E-state index in [1.54, 1.807) is 13.8 Å². The van der Waals surface area contributed by atoms with Crippen LogP contribution in [0.2, 0.25) is 0 Å². The first kappa shape index (κ1) is 30.4. The summed E-state index contributed by atoms with van der Waals surface area (Å²) < 4.78 is 0. The van der Waals surface area contributed by atoms with Gasteiger partial charge in [-0.1, -0.05) is 39.8 Å². The molecule has 36 heavy (non-hydrogen) atoms. The lowest BCUT2D eigenvalue weighted by Crippen LogP contribution is -2.58. The number of primary amides is 1. The molecule has 12 nitrogen and oxygen atoms in total. The molecule has 1 aromatic carbocycles. The third-order valence-electron chi connectivity index (χ3n) is 5.39. The molecule has 0 spiro atoms. The molecule has 0 radical (unpaired) electrons. The topological polar surface area (TPSA) is 214 Å². The van der Waals surface area contributed by atoms with Crippen molar-refractivity contribution in [2.75, 3.05) is 0 Å². The third-order valence-corrected chi connectivity index (χ3v) is 5.39. The molecule has 4 amide bonds. The molecule has 0 saturated carbocycles. The van der Waals surface area contributed by atoms with E-state index in [1.807, 2.05) is 13.8 Å². The van der Waals surface area contributed by atoms with Crippen LogP contribution in [-0.2, 0) is 30.4 Å². The zero-order valence-electron chi connectivity index (χ0n) is 21.0. The summed E-state index contributed by atoms with van der Waals surface area (Å²) in [7, 11) is 0. The molecule has 4 unspecified atom stereocenters. The highest BCUT2D eigenvalue weighted by molar-refractivity contribution is 5.96. The van der Waals surface area contributed by atoms with Crippen molar-refractivity contribution >= 4 is 29.6 Å². The number of aromatic hydroxyl groups is 1. The first-order valence-corrected chi connectivity index (χ1v) is 11.7. The molecule has 1 aromatic rings. The van der Waals surface area contributed by atoms with Gasteiger partial charge in [-0.2, -0.15) is 0 Å². The molecule has 0 saturated heterocycles. The minimum Gasteiger partial charge on any atom is -0.508 e. The van der Waals surface area contributed by atoms with Gasteiger partial charge in [0.05, 0.1) is 12.5 Å². The third kappa shape index (κ3) is 10.3. The van der Waals surface area contributed by atoms with Gasteiger partial charge in [0.25, 0.3) is 0 Å². The fourth-order valence-electron chi connectivity index (χ4n) is 3.30. The van der Waals surface area contributed by atoms with Gasteiger partial charge in [-0.05, 0) is 36.0 Å². The number of aliphatic carboxylic acids is 1. The molecule has 0 aliphatic carbocycles. The van der Waals surface area contributed by atoms with E-state index in [0.717, 1.165) is 0 Å². The summed E-state index contributed by atoms with van der Waals surface area (Å²) in [6.07, 6.45) is -0.472. The Morgan fingerprint density at radius 2 is 1.33 bits per heavy atom. The van der Waals surface area contributed by atoms with Crippen molar-refractivity contribution < 1.29 is 34.2 Å². The molecule has 0 aliphatic heterocycles. The number of phenols is 1. The van der Waals surface area contributed by atoms with Crippen LogP contribution in [0.3, 0.4) is 0 Å². The maximum Gasteiger partial charge on any atom is 0.326 e. The van der Waals surface area contributed by atoms with Crippen LogP contribution in [-0.4, -0.2) is 64.0 Å². The van der Waals surface area contributed by atoms with Gasteiger partial charge < -0.3 is 37.6 Å². The molecular weight excluding hydrogens is 470 g/mol. The van der Waals surface area contributed by atoms with Crippen LogP contribution in [0.1, 0.15) is 46.1 Å². The summed E-state index contributed by atoms with van der Waals surface area (Å²) in [5, 5.41) is 26.3. The fourth-order valence-corrected chi connectivity index (χ4v) is 3.30. The molecule has 0 fully saturated rings. The highest BCUT2D eigenvalue weighted by Crippen LogP contribution is 2.12. The molecule has 0 heterocycles. The number of hydrogen-bond donors (Lipinski definition) is 7. The molecule has 9 N–H and O–H groups in total. The Balaban J connectivity index is 3.03. The SMILES string of the molecule is CC(C)CC(NC(=O)C(N)C(C)C)C(=O)NC(CC(N)=O)C(=O)NC(Cc1ccc(O)cc1)C(=O)O. The molecule has 1 rings (SSSR count). The van der Waals surface area contributed by atoms with Gasteiger partial charge in [0.2, 0.25) is 23.6 Å². The summed E-state index contributed by atoms with van der Waals surface area (Å²) >= 11 is 0. The molecule has 0 aliphatic rings. The van der Waals surface area contributed by atoms with Crippen molar-refractivity contribution in [3.63, 3.8) is 0 Å². The molecule has 0 aromatic heterocycles. The summed E-state index contributed by atoms with van der Waals surface area (Å²) in [6.45, 7) is 7.18. The van der Waals surface area contributed by atoms with Gasteiger partial charge in [-0.15, -0.1) is 0 Å². The number of nitrogens with two attached hydrogens (primary N) is 2. The number of benzene rings is 1. The Kier molecular flexibility index (Phi) is 11.8. The number of carbonyl (C=O) groups is 5. The average molecular weight is 508 g/mol. The summed E-state index contributed by atoms with van der Waals surface area (Å²) in [5.74, 6) is -4.64. The van der Waals surface area contributed by atoms with Crippen LogP contribution in [0.15, 0.2) is 24.3 Å². The van der Waals surface area contributed by atoms with E-state index >= 15 is 0 Å². The smallest absolute Gasteiger partial charge is 0.326 e. The van der Waals surface area contributed by atoms with Crippen molar-refractivity contribution in [1.29, 1.82) is 0 Å². The predicted octanol–water partition coefficient (Wildman–Crippen LogP) is -0.621. The second kappa shape index (κ2) is 14.0. The number of carboxylic acid groups (broad SMARTS) is 1. The molecule has 0 bridgehead atoms. The van der Waals surface area contributed by atoms with Crippen molar-refractivity contribution in [1.82, 2.24) is 16.0 Å². The standard InChI is InChI=1S/C24H37N5O7/c1-12(2)9-16(28-23(34)20(26)13(3)4)21(32)27-17(11-19(25)31)22(33)29-18(24(35)36)10-14-5-7-15(30)8-6-14/h5-8,12-13,16-18,20,30H,9-11,26H2,1-4H3,(H2,25,31)(H,27,32)(H,28,34)(H,29,33)(H,35,36). The van der Waals surface area contributed by atoms with Crippen LogP contribution in [0.5, 0.6) is 5.75 Å². The second-order valence-electron chi connectivity index (χ2n) is 9.46. The van der Waals surface area contributed by atoms with Gasteiger partial charge >= 0.3 is 5.97 Å². The van der Waals surface area contributed by atoms with Crippen molar-refractivity contribution in [2.24, 2.45) is 23.3 Å². The Labute approximate surface area is 210 Å². The molecule has 4 atom stereocenters. The van der Waals surface area contributed by atoms with E-state index in [9.17, 15) is 34.2 Å². The lowest BCUT2D eigenvalue weighted by atomic mass is 10.00. The Morgan fingerprint density at radius 1 is 0.833 bits per heavy atom. The van der Waals surface area contributed by atoms with Gasteiger partial charge in [-0.3, -0.25) is 19.2 Å². The maximum absolute atomic E-state index is 13.0. The Bertz CT molecular complexity index is 933. The predicted molar refractivity (Wildman–Crippen MR) is 131 cm³/mol. The summed E-state index contributed by atoms with van der Waals surface area (Å²) in [4.78, 5) is 61.7. The van der Waals surface area contributed by atoms with Crippen molar-refractivity contribution in [3.05, 3.63) is 29.8 Å². The number of hydrogen-bond acceptors (Lipinski definition) is 7. The van der Waals surface area contributed by atoms with Crippen LogP contribution >= 0.6 is 0 Å². The van der Waals surface area contributed by atoms with E-state index in [4.69, 9.17) is 11.5 Å². The van der Waals surface area contributed by atoms with E-state index in [1.165, 1.54) is 24.3 Å². The zero-order valence-corrected chi connectivity index (χ0v) is 21.0. The molecule has 200 valence electrons. The number of amides is 4. The van der Waals surface area contributed by atoms with Crippen LogP contribution < -0.4 is 27.4 Å². The maximum atomic E-state index is 13.0. The van der Waals surface area contributed by atoms with E-state index in [-0.39, 0.29) is 30.4 Å². The number of rotatable bonds is 14. The largest absolute Gasteiger partial charge is 0.508 e. The van der Waals surface area contributed by atoms with Crippen LogP contribution in [0.4, 0.5) is 0 Å². The van der Waals surface area contributed by atoms with E-state index in [0.29, 0.717) is 5.56 Å². The Morgan fingerprint density at radius 3 is 1.81 bits per heavy atom. The lowest BCUT2D eigenvalue weighted by molar-refractivity contribution is -0.142.